The molecule has 1 aromatic carbocycles. The molecular weight excluding hydrogens is 426 g/mol. The molecule has 1 amide bonds. The Balaban J connectivity index is 2.09. The zero-order valence-corrected chi connectivity index (χ0v) is 19.5. The summed E-state index contributed by atoms with van der Waals surface area (Å²) in [4.78, 5) is 12.9. The molecule has 1 unspecified atom stereocenters. The number of ether oxygens (including phenoxy) is 1. The molecule has 2 rings (SSSR count). The first-order chi connectivity index (χ1) is 15.1. The molecule has 1 atom stereocenters. The molecule has 0 saturated carbocycles. The monoisotopic (exact) mass is 457 g/mol. The maximum atomic E-state index is 12.6. The number of nitrogens with zero attached hydrogens (tertiary/aromatic N) is 1. The van der Waals surface area contributed by atoms with Crippen LogP contribution in [0.5, 0.6) is 0 Å². The Morgan fingerprint density at radius 1 is 1.31 bits per heavy atom. The third-order valence-electron chi connectivity index (χ3n) is 5.60. The van der Waals surface area contributed by atoms with E-state index in [1.54, 1.807) is 37.3 Å². The molecule has 1 saturated heterocycles. The van der Waals surface area contributed by atoms with Crippen molar-refractivity contribution in [1.82, 2.24) is 5.32 Å². The summed E-state index contributed by atoms with van der Waals surface area (Å²) in [6, 6.07) is 8.12. The van der Waals surface area contributed by atoms with E-state index in [1.165, 1.54) is 0 Å². The minimum Gasteiger partial charge on any atom is -0.381 e. The van der Waals surface area contributed by atoms with Crippen molar-refractivity contribution in [2.45, 2.75) is 49.6 Å². The van der Waals surface area contributed by atoms with Gasteiger partial charge in [-0.1, -0.05) is 43.9 Å². The highest BCUT2D eigenvalue weighted by molar-refractivity contribution is 7.91. The Kier molecular flexibility index (Phi) is 8.96. The van der Waals surface area contributed by atoms with Crippen molar-refractivity contribution in [3.05, 3.63) is 60.2 Å². The van der Waals surface area contributed by atoms with Crippen LogP contribution in [0.1, 0.15) is 38.7 Å². The largest absolute Gasteiger partial charge is 0.381 e. The summed E-state index contributed by atoms with van der Waals surface area (Å²) in [5.41, 5.74) is 7.76. The maximum Gasteiger partial charge on any atom is 0.241 e. The number of amides is 1. The number of hydrogen-bond donors (Lipinski definition) is 2. The van der Waals surface area contributed by atoms with E-state index in [2.05, 4.69) is 18.0 Å². The Hall–Kier alpha value is -2.73. The van der Waals surface area contributed by atoms with Gasteiger partial charge in [0.05, 0.1) is 22.3 Å². The van der Waals surface area contributed by atoms with Gasteiger partial charge in [0.1, 0.15) is 6.04 Å². The summed E-state index contributed by atoms with van der Waals surface area (Å²) >= 11 is 0. The normalized spacial score (nSPS) is 17.8. The number of carbonyl (C=O) groups excluding carboxylic acids is 1. The lowest BCUT2D eigenvalue weighted by atomic mass is 9.90. The van der Waals surface area contributed by atoms with Crippen LogP contribution < -0.4 is 11.1 Å². The number of carbonyl (C=O) groups is 1. The number of nitriles is 1. The van der Waals surface area contributed by atoms with E-state index >= 15 is 0 Å². The van der Waals surface area contributed by atoms with E-state index in [-0.39, 0.29) is 18.1 Å². The summed E-state index contributed by atoms with van der Waals surface area (Å²) in [6.45, 7) is 8.18. The molecule has 0 aromatic heterocycles. The van der Waals surface area contributed by atoms with Gasteiger partial charge in [-0.05, 0) is 48.6 Å². The molecule has 0 spiro atoms. The number of sulfone groups is 1. The fourth-order valence-electron chi connectivity index (χ4n) is 3.27. The first-order valence-electron chi connectivity index (χ1n) is 10.6. The molecule has 3 N–H and O–H groups in total. The summed E-state index contributed by atoms with van der Waals surface area (Å²) in [5.74, 6) is -0.285. The third-order valence-corrected chi connectivity index (χ3v) is 7.35. The van der Waals surface area contributed by atoms with Crippen LogP contribution in [0.3, 0.4) is 0 Å². The highest BCUT2D eigenvalue weighted by Gasteiger charge is 2.36. The quantitative estimate of drug-likeness (QED) is 0.550. The molecule has 1 heterocycles. The Bertz CT molecular complexity index is 1030. The van der Waals surface area contributed by atoms with Gasteiger partial charge in [-0.25, -0.2) is 8.42 Å². The van der Waals surface area contributed by atoms with Crippen LogP contribution in [-0.2, 0) is 19.4 Å². The van der Waals surface area contributed by atoms with Crippen molar-refractivity contribution in [3.8, 4) is 6.07 Å². The van der Waals surface area contributed by atoms with E-state index in [9.17, 15) is 18.5 Å². The SMILES string of the molecule is C=CC(=CC=C(C)c1ccc(S(=O)(=O)CC)cc1)CC(C#N)NC(=O)C1(N)CCOCC1. The Labute approximate surface area is 190 Å². The van der Waals surface area contributed by atoms with Crippen molar-refractivity contribution in [2.75, 3.05) is 19.0 Å². The van der Waals surface area contributed by atoms with Gasteiger partial charge in [0.15, 0.2) is 9.84 Å². The minimum absolute atomic E-state index is 0.0578. The smallest absolute Gasteiger partial charge is 0.241 e. The van der Waals surface area contributed by atoms with Crippen LogP contribution in [-0.4, -0.2) is 44.9 Å². The first-order valence-corrected chi connectivity index (χ1v) is 12.2. The summed E-state index contributed by atoms with van der Waals surface area (Å²) in [7, 11) is -3.24. The molecule has 172 valence electrons. The van der Waals surface area contributed by atoms with E-state index in [0.717, 1.165) is 16.7 Å². The van der Waals surface area contributed by atoms with Crippen LogP contribution >= 0.6 is 0 Å². The van der Waals surface area contributed by atoms with Gasteiger partial charge in [-0.15, -0.1) is 0 Å². The topological polar surface area (TPSA) is 122 Å². The van der Waals surface area contributed by atoms with Crippen LogP contribution in [0, 0.1) is 11.3 Å². The van der Waals surface area contributed by atoms with E-state index in [1.807, 2.05) is 19.1 Å². The molecule has 0 bridgehead atoms. The van der Waals surface area contributed by atoms with Crippen molar-refractivity contribution in [3.63, 3.8) is 0 Å². The third kappa shape index (κ3) is 6.63. The van der Waals surface area contributed by atoms with Gasteiger partial charge in [0.25, 0.3) is 0 Å². The van der Waals surface area contributed by atoms with E-state index in [4.69, 9.17) is 10.5 Å². The Morgan fingerprint density at radius 2 is 1.94 bits per heavy atom. The second kappa shape index (κ2) is 11.2. The zero-order valence-electron chi connectivity index (χ0n) is 18.6. The fourth-order valence-corrected chi connectivity index (χ4v) is 4.15. The molecule has 0 aliphatic carbocycles. The van der Waals surface area contributed by atoms with Gasteiger partial charge in [0, 0.05) is 19.6 Å². The highest BCUT2D eigenvalue weighted by atomic mass is 32.2. The average molecular weight is 458 g/mol. The molecular formula is C24H31N3O4S. The second-order valence-electron chi connectivity index (χ2n) is 7.85. The lowest BCUT2D eigenvalue weighted by Gasteiger charge is -2.32. The standard InChI is InChI=1S/C24H31N3O4S/c1-4-19(16-21(17-25)27-23(28)24(26)12-14-31-15-13-24)7-6-18(3)20-8-10-22(11-9-20)32(29,30)5-2/h4,6-11,21H,1,5,12-16,26H2,2-3H3,(H,27,28). The van der Waals surface area contributed by atoms with Gasteiger partial charge < -0.3 is 15.8 Å². The van der Waals surface area contributed by atoms with Crippen LogP contribution in [0.15, 0.2) is 59.5 Å². The zero-order chi connectivity index (χ0) is 23.8. The molecule has 8 heteroatoms. The lowest BCUT2D eigenvalue weighted by Crippen LogP contribution is -2.58. The molecule has 32 heavy (non-hydrogen) atoms. The first kappa shape index (κ1) is 25.5. The fraction of sp³-hybridized carbons (Fsp3) is 0.417. The predicted molar refractivity (Wildman–Crippen MR) is 125 cm³/mol. The average Bonchev–Trinajstić information content (AvgIpc) is 2.81. The highest BCUT2D eigenvalue weighted by Crippen LogP contribution is 2.20. The molecule has 1 fully saturated rings. The summed E-state index contributed by atoms with van der Waals surface area (Å²) < 4.78 is 29.2. The van der Waals surface area contributed by atoms with E-state index < -0.39 is 21.4 Å². The molecule has 1 aliphatic rings. The van der Waals surface area contributed by atoms with Crippen molar-refractivity contribution in [2.24, 2.45) is 5.73 Å². The predicted octanol–water partition coefficient (Wildman–Crippen LogP) is 2.90. The summed E-state index contributed by atoms with van der Waals surface area (Å²) in [5, 5.41) is 12.3. The van der Waals surface area contributed by atoms with Gasteiger partial charge in [-0.3, -0.25) is 4.79 Å². The van der Waals surface area contributed by atoms with Gasteiger partial charge in [-0.2, -0.15) is 5.26 Å². The molecule has 7 nitrogen and oxygen atoms in total. The van der Waals surface area contributed by atoms with Gasteiger partial charge >= 0.3 is 0 Å². The number of hydrogen-bond acceptors (Lipinski definition) is 6. The maximum absolute atomic E-state index is 12.6. The van der Waals surface area contributed by atoms with Crippen LogP contribution in [0.25, 0.3) is 5.57 Å². The van der Waals surface area contributed by atoms with Crippen LogP contribution in [0.2, 0.25) is 0 Å². The van der Waals surface area contributed by atoms with Crippen molar-refractivity contribution < 1.29 is 17.9 Å². The van der Waals surface area contributed by atoms with Gasteiger partial charge in [0.2, 0.25) is 5.91 Å². The summed E-state index contributed by atoms with van der Waals surface area (Å²) in [6.07, 6.45) is 6.48. The number of allylic oxidation sites excluding steroid dienone is 4. The number of nitrogens with one attached hydrogen (secondary N) is 1. The van der Waals surface area contributed by atoms with Crippen molar-refractivity contribution >= 4 is 21.3 Å². The Morgan fingerprint density at radius 3 is 2.47 bits per heavy atom. The minimum atomic E-state index is -3.24. The van der Waals surface area contributed by atoms with Crippen molar-refractivity contribution in [1.29, 1.82) is 5.26 Å². The van der Waals surface area contributed by atoms with E-state index in [0.29, 0.717) is 31.0 Å². The molecule has 1 aromatic rings. The molecule has 1 aliphatic heterocycles. The number of rotatable bonds is 9. The second-order valence-corrected chi connectivity index (χ2v) is 10.1. The van der Waals surface area contributed by atoms with Crippen LogP contribution in [0.4, 0.5) is 0 Å². The number of nitrogens with two attached hydrogens (primary N) is 1. The molecule has 0 radical (unpaired) electrons. The lowest BCUT2D eigenvalue weighted by molar-refractivity contribution is -0.130. The number of benzene rings is 1.